The van der Waals surface area contributed by atoms with E-state index >= 15 is 0 Å². The molecule has 2 N–H and O–H groups in total. The highest BCUT2D eigenvalue weighted by atomic mass is 16.5. The molecule has 1 saturated heterocycles. The number of rotatable bonds is 6. The molecule has 1 aromatic rings. The van der Waals surface area contributed by atoms with Gasteiger partial charge in [0, 0.05) is 53.3 Å². The van der Waals surface area contributed by atoms with Crippen LogP contribution >= 0.6 is 0 Å². The molecule has 134 valence electrons. The van der Waals surface area contributed by atoms with Crippen molar-refractivity contribution in [2.75, 3.05) is 40.5 Å². The summed E-state index contributed by atoms with van der Waals surface area (Å²) in [6, 6.07) is 8.66. The van der Waals surface area contributed by atoms with Crippen LogP contribution in [0.1, 0.15) is 36.8 Å². The summed E-state index contributed by atoms with van der Waals surface area (Å²) in [6.45, 7) is 7.45. The third-order valence-electron chi connectivity index (χ3n) is 4.83. The number of methoxy groups -OCH3 is 1. The van der Waals surface area contributed by atoms with Crippen molar-refractivity contribution < 1.29 is 9.47 Å². The normalized spacial score (nSPS) is 18.9. The number of hydrogen-bond donors (Lipinski definition) is 2. The zero-order valence-electron chi connectivity index (χ0n) is 15.4. The maximum absolute atomic E-state index is 5.76. The lowest BCUT2D eigenvalue weighted by Crippen LogP contribution is -2.51. The van der Waals surface area contributed by atoms with Gasteiger partial charge in [-0.1, -0.05) is 36.8 Å². The second-order valence-corrected chi connectivity index (χ2v) is 6.62. The van der Waals surface area contributed by atoms with Crippen molar-refractivity contribution in [3.63, 3.8) is 0 Å². The average Bonchev–Trinajstić information content (AvgIpc) is 2.62. The Morgan fingerprint density at radius 2 is 2.08 bits per heavy atom. The predicted octanol–water partition coefficient (Wildman–Crippen LogP) is 2.46. The molecule has 1 unspecified atom stereocenters. The Bertz CT molecular complexity index is 539. The highest BCUT2D eigenvalue weighted by Gasteiger charge is 2.32. The van der Waals surface area contributed by atoms with E-state index in [2.05, 4.69) is 53.7 Å². The monoisotopic (exact) mass is 333 g/mol. The highest BCUT2D eigenvalue weighted by Crippen LogP contribution is 2.23. The molecule has 1 atom stereocenters. The van der Waals surface area contributed by atoms with Gasteiger partial charge in [0.1, 0.15) is 0 Å². The number of benzene rings is 1. The molecule has 5 heteroatoms. The number of ether oxygens (including phenoxy) is 2. The minimum atomic E-state index is -0.155. The first-order chi connectivity index (χ1) is 11.6. The minimum Gasteiger partial charge on any atom is -0.381 e. The number of guanidine groups is 1. The summed E-state index contributed by atoms with van der Waals surface area (Å²) in [5, 5.41) is 6.83. The van der Waals surface area contributed by atoms with Gasteiger partial charge in [-0.2, -0.15) is 0 Å². The molecule has 0 aromatic heterocycles. The highest BCUT2D eigenvalue weighted by molar-refractivity contribution is 5.79. The lowest BCUT2D eigenvalue weighted by molar-refractivity contribution is -0.0855. The lowest BCUT2D eigenvalue weighted by atomic mass is 9.94. The number of aryl methyl sites for hydroxylation is 1. The molecule has 0 bridgehead atoms. The molecule has 1 aliphatic heterocycles. The van der Waals surface area contributed by atoms with Crippen LogP contribution in [0.2, 0.25) is 0 Å². The first kappa shape index (κ1) is 18.7. The first-order valence-corrected chi connectivity index (χ1v) is 8.72. The second kappa shape index (κ2) is 9.04. The molecule has 24 heavy (non-hydrogen) atoms. The van der Waals surface area contributed by atoms with E-state index in [0.29, 0.717) is 5.92 Å². The van der Waals surface area contributed by atoms with E-state index < -0.39 is 0 Å². The molecule has 1 fully saturated rings. The van der Waals surface area contributed by atoms with E-state index in [1.54, 1.807) is 14.2 Å². The van der Waals surface area contributed by atoms with Gasteiger partial charge in [-0.05, 0) is 18.4 Å². The topological polar surface area (TPSA) is 54.9 Å². The number of nitrogens with zero attached hydrogens (tertiary/aromatic N) is 1. The third-order valence-corrected chi connectivity index (χ3v) is 4.83. The van der Waals surface area contributed by atoms with Gasteiger partial charge in [-0.3, -0.25) is 4.99 Å². The molecule has 0 amide bonds. The maximum Gasteiger partial charge on any atom is 0.191 e. The van der Waals surface area contributed by atoms with Crippen molar-refractivity contribution in [3.05, 3.63) is 35.4 Å². The molecule has 0 saturated carbocycles. The number of hydrogen-bond acceptors (Lipinski definition) is 3. The molecular weight excluding hydrogens is 302 g/mol. The lowest BCUT2D eigenvalue weighted by Gasteiger charge is -2.36. The largest absolute Gasteiger partial charge is 0.381 e. The summed E-state index contributed by atoms with van der Waals surface area (Å²) in [6.07, 6.45) is 1.82. The summed E-state index contributed by atoms with van der Waals surface area (Å²) in [5.74, 6) is 1.24. The molecule has 5 nitrogen and oxygen atoms in total. The molecule has 2 rings (SSSR count). The zero-order chi connectivity index (χ0) is 17.4. The van der Waals surface area contributed by atoms with Gasteiger partial charge in [-0.25, -0.2) is 0 Å². The standard InChI is InChI=1S/C19H31N3O2/c1-15-6-5-7-17(12-15)16(2)13-21-18(20-3)22-14-19(23-4)8-10-24-11-9-19/h5-7,12,16H,8-11,13-14H2,1-4H3,(H2,20,21,22). The van der Waals surface area contributed by atoms with Crippen molar-refractivity contribution in [1.82, 2.24) is 10.6 Å². The van der Waals surface area contributed by atoms with Gasteiger partial charge >= 0.3 is 0 Å². The van der Waals surface area contributed by atoms with Gasteiger partial charge in [0.05, 0.1) is 5.60 Å². The number of nitrogens with one attached hydrogen (secondary N) is 2. The Kier molecular flexibility index (Phi) is 7.06. The van der Waals surface area contributed by atoms with Gasteiger partial charge < -0.3 is 20.1 Å². The van der Waals surface area contributed by atoms with Crippen molar-refractivity contribution in [3.8, 4) is 0 Å². The van der Waals surface area contributed by atoms with Crippen LogP contribution in [-0.4, -0.2) is 52.0 Å². The van der Waals surface area contributed by atoms with E-state index in [1.807, 2.05) is 0 Å². The zero-order valence-corrected chi connectivity index (χ0v) is 15.4. The van der Waals surface area contributed by atoms with Gasteiger partial charge in [-0.15, -0.1) is 0 Å². The van der Waals surface area contributed by atoms with Gasteiger partial charge in [0.15, 0.2) is 5.96 Å². The van der Waals surface area contributed by atoms with E-state index in [9.17, 15) is 0 Å². The van der Waals surface area contributed by atoms with Crippen LogP contribution in [0.4, 0.5) is 0 Å². The molecular formula is C19H31N3O2. The fourth-order valence-corrected chi connectivity index (χ4v) is 3.01. The maximum atomic E-state index is 5.76. The predicted molar refractivity (Wildman–Crippen MR) is 98.8 cm³/mol. The minimum absolute atomic E-state index is 0.155. The number of aliphatic imine (C=N–C) groups is 1. The first-order valence-electron chi connectivity index (χ1n) is 8.72. The summed E-state index contributed by atoms with van der Waals surface area (Å²) in [7, 11) is 3.58. The van der Waals surface area contributed by atoms with Crippen LogP contribution in [0.15, 0.2) is 29.3 Å². The van der Waals surface area contributed by atoms with Crippen LogP contribution in [0.5, 0.6) is 0 Å². The van der Waals surface area contributed by atoms with Gasteiger partial charge in [0.2, 0.25) is 0 Å². The summed E-state index contributed by atoms with van der Waals surface area (Å²) in [5.41, 5.74) is 2.48. The van der Waals surface area contributed by atoms with Crippen LogP contribution in [0.3, 0.4) is 0 Å². The van der Waals surface area contributed by atoms with Crippen molar-refractivity contribution in [1.29, 1.82) is 0 Å². The molecule has 1 aliphatic rings. The quantitative estimate of drug-likeness (QED) is 0.620. The van der Waals surface area contributed by atoms with E-state index in [-0.39, 0.29) is 5.60 Å². The average molecular weight is 333 g/mol. The van der Waals surface area contributed by atoms with E-state index in [4.69, 9.17) is 9.47 Å². The summed E-state index contributed by atoms with van der Waals surface area (Å²) < 4.78 is 11.2. The third kappa shape index (κ3) is 5.21. The summed E-state index contributed by atoms with van der Waals surface area (Å²) >= 11 is 0. The van der Waals surface area contributed by atoms with Crippen molar-refractivity contribution in [2.24, 2.45) is 4.99 Å². The van der Waals surface area contributed by atoms with E-state index in [1.165, 1.54) is 11.1 Å². The molecule has 1 heterocycles. The fraction of sp³-hybridized carbons (Fsp3) is 0.632. The van der Waals surface area contributed by atoms with Crippen LogP contribution in [-0.2, 0) is 9.47 Å². The Hall–Kier alpha value is -1.59. The van der Waals surface area contributed by atoms with Crippen LogP contribution in [0, 0.1) is 6.92 Å². The summed E-state index contributed by atoms with van der Waals surface area (Å²) in [4.78, 5) is 4.33. The SMILES string of the molecule is CN=C(NCC(C)c1cccc(C)c1)NCC1(OC)CCOCC1. The molecule has 0 radical (unpaired) electrons. The van der Waals surface area contributed by atoms with Gasteiger partial charge in [0.25, 0.3) is 0 Å². The van der Waals surface area contributed by atoms with Crippen LogP contribution in [0.25, 0.3) is 0 Å². The smallest absolute Gasteiger partial charge is 0.191 e. The van der Waals surface area contributed by atoms with Crippen LogP contribution < -0.4 is 10.6 Å². The van der Waals surface area contributed by atoms with Crippen molar-refractivity contribution >= 4 is 5.96 Å². The molecule has 0 aliphatic carbocycles. The Labute approximate surface area is 145 Å². The molecule has 1 aromatic carbocycles. The Morgan fingerprint density at radius 3 is 2.71 bits per heavy atom. The second-order valence-electron chi connectivity index (χ2n) is 6.62. The Morgan fingerprint density at radius 1 is 1.33 bits per heavy atom. The fourth-order valence-electron chi connectivity index (χ4n) is 3.01. The molecule has 0 spiro atoms. The Balaban J connectivity index is 1.84. The van der Waals surface area contributed by atoms with E-state index in [0.717, 1.165) is 45.1 Å². The van der Waals surface area contributed by atoms with Crippen molar-refractivity contribution in [2.45, 2.75) is 38.2 Å².